The first kappa shape index (κ1) is 19.5. The molecule has 0 bridgehead atoms. The van der Waals surface area contributed by atoms with Crippen LogP contribution in [0.25, 0.3) is 0 Å². The summed E-state index contributed by atoms with van der Waals surface area (Å²) in [6.07, 6.45) is -3.18. The Labute approximate surface area is 138 Å². The molecule has 0 saturated heterocycles. The van der Waals surface area contributed by atoms with E-state index in [0.717, 1.165) is 11.1 Å². The van der Waals surface area contributed by atoms with Crippen LogP contribution in [0.4, 0.5) is 8.78 Å². The van der Waals surface area contributed by atoms with Gasteiger partial charge in [0.15, 0.2) is 0 Å². The molecule has 1 unspecified atom stereocenters. The highest BCUT2D eigenvalue weighted by molar-refractivity contribution is 5.87. The molecule has 0 aliphatic rings. The molecule has 0 heterocycles. The quantitative estimate of drug-likeness (QED) is 0.630. The molecule has 1 atom stereocenters. The van der Waals surface area contributed by atoms with Crippen molar-refractivity contribution in [2.75, 3.05) is 6.54 Å². The Balaban J connectivity index is 2.33. The van der Waals surface area contributed by atoms with Gasteiger partial charge in [-0.05, 0) is 18.9 Å². The molecule has 132 valence electrons. The summed E-state index contributed by atoms with van der Waals surface area (Å²) in [4.78, 5) is 33.9. The number of benzene rings is 1. The summed E-state index contributed by atoms with van der Waals surface area (Å²) >= 11 is 0. The van der Waals surface area contributed by atoms with Gasteiger partial charge in [0.25, 0.3) is 0 Å². The molecule has 2 amide bonds. The van der Waals surface area contributed by atoms with E-state index >= 15 is 0 Å². The van der Waals surface area contributed by atoms with Crippen LogP contribution in [-0.4, -0.2) is 41.9 Å². The molecule has 8 heteroatoms. The molecule has 0 aromatic heterocycles. The van der Waals surface area contributed by atoms with Crippen molar-refractivity contribution >= 4 is 17.8 Å². The van der Waals surface area contributed by atoms with E-state index in [4.69, 9.17) is 5.11 Å². The average molecular weight is 342 g/mol. The minimum absolute atomic E-state index is 0.162. The molecule has 24 heavy (non-hydrogen) atoms. The van der Waals surface area contributed by atoms with Gasteiger partial charge in [-0.1, -0.05) is 29.8 Å². The molecule has 0 radical (unpaired) electrons. The molecular weight excluding hydrogens is 322 g/mol. The number of rotatable bonds is 9. The van der Waals surface area contributed by atoms with E-state index in [-0.39, 0.29) is 12.3 Å². The number of carboxylic acids is 1. The predicted octanol–water partition coefficient (Wildman–Crippen LogP) is 1.27. The normalized spacial score (nSPS) is 11.8. The number of carbonyl (C=O) groups is 3. The van der Waals surface area contributed by atoms with E-state index in [9.17, 15) is 23.2 Å². The van der Waals surface area contributed by atoms with E-state index in [0.29, 0.717) is 6.42 Å². The summed E-state index contributed by atoms with van der Waals surface area (Å²) in [6.45, 7) is 1.49. The molecule has 1 aromatic carbocycles. The van der Waals surface area contributed by atoms with Gasteiger partial charge in [-0.3, -0.25) is 9.59 Å². The molecule has 1 rings (SSSR count). The maximum absolute atomic E-state index is 12.2. The Morgan fingerprint density at radius 3 is 2.29 bits per heavy atom. The number of carboxylic acid groups (broad SMARTS) is 1. The second-order valence-corrected chi connectivity index (χ2v) is 5.35. The number of hydrogen-bond acceptors (Lipinski definition) is 3. The topological polar surface area (TPSA) is 95.5 Å². The predicted molar refractivity (Wildman–Crippen MR) is 82.7 cm³/mol. The Bertz CT molecular complexity index is 576. The summed E-state index contributed by atoms with van der Waals surface area (Å²) < 4.78 is 24.4. The van der Waals surface area contributed by atoms with E-state index < -0.39 is 37.3 Å². The number of amides is 2. The zero-order valence-electron chi connectivity index (χ0n) is 13.2. The molecule has 0 spiro atoms. The molecule has 0 aliphatic heterocycles. The molecule has 0 aliphatic carbocycles. The van der Waals surface area contributed by atoms with Crippen molar-refractivity contribution in [3.05, 3.63) is 35.4 Å². The van der Waals surface area contributed by atoms with Crippen LogP contribution < -0.4 is 10.6 Å². The number of nitrogens with one attached hydrogen (secondary N) is 2. The summed E-state index contributed by atoms with van der Waals surface area (Å²) in [5, 5.41) is 13.0. The first-order chi connectivity index (χ1) is 11.3. The minimum Gasteiger partial charge on any atom is -0.480 e. The van der Waals surface area contributed by atoms with Gasteiger partial charge in [0.1, 0.15) is 6.04 Å². The minimum atomic E-state index is -2.85. The number of hydrogen-bond donors (Lipinski definition) is 3. The first-order valence-electron chi connectivity index (χ1n) is 7.40. The van der Waals surface area contributed by atoms with Crippen LogP contribution in [0.15, 0.2) is 24.3 Å². The smallest absolute Gasteiger partial charge is 0.326 e. The van der Waals surface area contributed by atoms with Gasteiger partial charge in [-0.15, -0.1) is 0 Å². The Morgan fingerprint density at radius 1 is 1.12 bits per heavy atom. The molecule has 0 saturated carbocycles. The van der Waals surface area contributed by atoms with Crippen LogP contribution in [0, 0.1) is 6.92 Å². The Hall–Kier alpha value is -2.51. The third-order valence-electron chi connectivity index (χ3n) is 3.25. The first-order valence-corrected chi connectivity index (χ1v) is 7.40. The highest BCUT2D eigenvalue weighted by Crippen LogP contribution is 2.06. The van der Waals surface area contributed by atoms with Crippen molar-refractivity contribution in [1.29, 1.82) is 0 Å². The Kier molecular flexibility index (Phi) is 7.81. The summed E-state index contributed by atoms with van der Waals surface area (Å²) in [6, 6.07) is 5.97. The number of aliphatic carboxylic acids is 1. The molecule has 3 N–H and O–H groups in total. The second-order valence-electron chi connectivity index (χ2n) is 5.35. The standard InChI is InChI=1S/C16H20F2N2O4/c1-10-2-4-11(5-3-10)6-7-14(21)19-9-15(22)20-12(16(23)24)8-13(17)18/h2-5,12-13H,6-9H2,1H3,(H,19,21)(H,20,22)(H,23,24). The monoisotopic (exact) mass is 342 g/mol. The van der Waals surface area contributed by atoms with Gasteiger partial charge in [0.2, 0.25) is 18.2 Å². The largest absolute Gasteiger partial charge is 0.480 e. The zero-order valence-corrected chi connectivity index (χ0v) is 13.2. The fourth-order valence-electron chi connectivity index (χ4n) is 1.92. The fraction of sp³-hybridized carbons (Fsp3) is 0.438. The van der Waals surface area contributed by atoms with Crippen LogP contribution in [0.3, 0.4) is 0 Å². The lowest BCUT2D eigenvalue weighted by atomic mass is 10.1. The third-order valence-corrected chi connectivity index (χ3v) is 3.25. The van der Waals surface area contributed by atoms with Crippen molar-refractivity contribution in [2.24, 2.45) is 0 Å². The number of alkyl halides is 2. The molecule has 0 fully saturated rings. The Morgan fingerprint density at radius 2 is 1.75 bits per heavy atom. The number of halogens is 2. The highest BCUT2D eigenvalue weighted by atomic mass is 19.3. The average Bonchev–Trinajstić information content (AvgIpc) is 2.51. The lowest BCUT2D eigenvalue weighted by Crippen LogP contribution is -2.46. The van der Waals surface area contributed by atoms with Crippen LogP contribution in [0.1, 0.15) is 24.0 Å². The summed E-state index contributed by atoms with van der Waals surface area (Å²) in [7, 11) is 0. The fourth-order valence-corrected chi connectivity index (χ4v) is 1.92. The van der Waals surface area contributed by atoms with Gasteiger partial charge in [0.05, 0.1) is 6.54 Å². The maximum Gasteiger partial charge on any atom is 0.326 e. The van der Waals surface area contributed by atoms with Crippen LogP contribution in [0.2, 0.25) is 0 Å². The van der Waals surface area contributed by atoms with Crippen molar-refractivity contribution in [3.63, 3.8) is 0 Å². The van der Waals surface area contributed by atoms with Crippen LogP contribution in [-0.2, 0) is 20.8 Å². The van der Waals surface area contributed by atoms with E-state index in [1.165, 1.54) is 0 Å². The van der Waals surface area contributed by atoms with Gasteiger partial charge in [0, 0.05) is 12.8 Å². The number of carbonyl (C=O) groups excluding carboxylic acids is 2. The highest BCUT2D eigenvalue weighted by Gasteiger charge is 2.24. The van der Waals surface area contributed by atoms with Crippen LogP contribution >= 0.6 is 0 Å². The maximum atomic E-state index is 12.2. The molecular formula is C16H20F2N2O4. The molecule has 6 nitrogen and oxygen atoms in total. The van der Waals surface area contributed by atoms with Crippen LogP contribution in [0.5, 0.6) is 0 Å². The summed E-state index contributed by atoms with van der Waals surface area (Å²) in [5.74, 6) is -2.76. The van der Waals surface area contributed by atoms with E-state index in [1.54, 1.807) is 0 Å². The van der Waals surface area contributed by atoms with Gasteiger partial charge in [-0.2, -0.15) is 0 Å². The lowest BCUT2D eigenvalue weighted by molar-refractivity contribution is -0.142. The van der Waals surface area contributed by atoms with Crippen molar-refractivity contribution in [3.8, 4) is 0 Å². The molecule has 1 aromatic rings. The van der Waals surface area contributed by atoms with Crippen molar-refractivity contribution in [2.45, 2.75) is 38.7 Å². The van der Waals surface area contributed by atoms with Gasteiger partial charge in [-0.25, -0.2) is 13.6 Å². The zero-order chi connectivity index (χ0) is 18.1. The number of aryl methyl sites for hydroxylation is 2. The van der Waals surface area contributed by atoms with E-state index in [1.807, 2.05) is 36.5 Å². The van der Waals surface area contributed by atoms with Gasteiger partial charge < -0.3 is 15.7 Å². The lowest BCUT2D eigenvalue weighted by Gasteiger charge is -2.14. The van der Waals surface area contributed by atoms with Gasteiger partial charge >= 0.3 is 5.97 Å². The van der Waals surface area contributed by atoms with Crippen molar-refractivity contribution in [1.82, 2.24) is 10.6 Å². The summed E-state index contributed by atoms with van der Waals surface area (Å²) in [5.41, 5.74) is 2.08. The third kappa shape index (κ3) is 7.66. The van der Waals surface area contributed by atoms with E-state index in [2.05, 4.69) is 5.32 Å². The SMILES string of the molecule is Cc1ccc(CCC(=O)NCC(=O)NC(CC(F)F)C(=O)O)cc1. The second kappa shape index (κ2) is 9.59. The van der Waals surface area contributed by atoms with Crippen molar-refractivity contribution < 1.29 is 28.3 Å².